The van der Waals surface area contributed by atoms with E-state index in [9.17, 15) is 27.2 Å². The monoisotopic (exact) mass is 630 g/mol. The maximum absolute atomic E-state index is 14.9. The van der Waals surface area contributed by atoms with Gasteiger partial charge in [-0.2, -0.15) is 13.2 Å². The van der Waals surface area contributed by atoms with Crippen molar-refractivity contribution >= 4 is 11.9 Å². The number of unbranched alkanes of at least 4 members (excludes halogenated alkanes) is 8. The Morgan fingerprint density at radius 1 is 0.689 bits per heavy atom. The molecule has 0 spiro atoms. The van der Waals surface area contributed by atoms with Gasteiger partial charge in [0.15, 0.2) is 6.10 Å². The summed E-state index contributed by atoms with van der Waals surface area (Å²) < 4.78 is 70.2. The predicted octanol–water partition coefficient (Wildman–Crippen LogP) is 10.5. The van der Waals surface area contributed by atoms with Gasteiger partial charge in [0, 0.05) is 0 Å². The molecule has 9 heteroatoms. The van der Waals surface area contributed by atoms with Crippen molar-refractivity contribution in [3.63, 3.8) is 0 Å². The molecule has 0 aliphatic rings. The number of esters is 2. The van der Waals surface area contributed by atoms with Crippen LogP contribution in [0, 0.1) is 5.82 Å². The summed E-state index contributed by atoms with van der Waals surface area (Å²) in [7, 11) is 0. The van der Waals surface area contributed by atoms with Crippen molar-refractivity contribution in [2.45, 2.75) is 96.8 Å². The highest BCUT2D eigenvalue weighted by Gasteiger charge is 2.42. The van der Waals surface area contributed by atoms with E-state index in [4.69, 9.17) is 9.47 Å². The van der Waals surface area contributed by atoms with Crippen LogP contribution in [0.2, 0.25) is 0 Å². The molecule has 0 heterocycles. The minimum Gasteiger partial charge on any atom is -0.494 e. The molecule has 0 radical (unpaired) electrons. The highest BCUT2D eigenvalue weighted by molar-refractivity contribution is 5.92. The second-order valence-corrected chi connectivity index (χ2v) is 11.0. The van der Waals surface area contributed by atoms with Crippen molar-refractivity contribution < 1.29 is 41.4 Å². The second kappa shape index (κ2) is 18.2. The molecule has 244 valence electrons. The van der Waals surface area contributed by atoms with E-state index in [0.29, 0.717) is 18.6 Å². The van der Waals surface area contributed by atoms with E-state index in [0.717, 1.165) is 24.2 Å². The van der Waals surface area contributed by atoms with E-state index in [1.807, 2.05) is 24.3 Å². The van der Waals surface area contributed by atoms with Gasteiger partial charge in [-0.15, -0.1) is 0 Å². The molecule has 0 N–H and O–H groups in total. The summed E-state index contributed by atoms with van der Waals surface area (Å²) in [5.74, 6) is -2.16. The van der Waals surface area contributed by atoms with Gasteiger partial charge in [-0.05, 0) is 78.9 Å². The van der Waals surface area contributed by atoms with Gasteiger partial charge in [-0.1, -0.05) is 83.4 Å². The Morgan fingerprint density at radius 2 is 1.27 bits per heavy atom. The number of hydrogen-bond donors (Lipinski definition) is 0. The number of carbonyl (C=O) groups excluding carboxylic acids is 2. The topological polar surface area (TPSA) is 61.8 Å². The van der Waals surface area contributed by atoms with E-state index in [2.05, 4.69) is 11.7 Å². The fraction of sp³-hybridized carbons (Fsp3) is 0.444. The Labute approximate surface area is 262 Å². The van der Waals surface area contributed by atoms with Crippen LogP contribution in [0.15, 0.2) is 66.7 Å². The largest absolute Gasteiger partial charge is 0.494 e. The minimum atomic E-state index is -4.68. The smallest absolute Gasteiger partial charge is 0.425 e. The van der Waals surface area contributed by atoms with Gasteiger partial charge in [0.1, 0.15) is 17.3 Å². The van der Waals surface area contributed by atoms with Gasteiger partial charge < -0.3 is 14.2 Å². The fourth-order valence-corrected chi connectivity index (χ4v) is 4.73. The third-order valence-corrected chi connectivity index (χ3v) is 7.38. The van der Waals surface area contributed by atoms with E-state index >= 15 is 0 Å². The third-order valence-electron chi connectivity index (χ3n) is 7.38. The average Bonchev–Trinajstić information content (AvgIpc) is 3.02. The van der Waals surface area contributed by atoms with E-state index in [-0.39, 0.29) is 29.7 Å². The molecule has 0 saturated carbocycles. The molecular weight excluding hydrogens is 588 g/mol. The molecule has 3 aromatic rings. The lowest BCUT2D eigenvalue weighted by atomic mass is 10.0. The van der Waals surface area contributed by atoms with Gasteiger partial charge in [0.2, 0.25) is 0 Å². The molecular formula is C36H42F4O5. The first-order valence-corrected chi connectivity index (χ1v) is 15.7. The van der Waals surface area contributed by atoms with Crippen LogP contribution in [-0.2, 0) is 4.74 Å². The molecule has 3 rings (SSSR count). The summed E-state index contributed by atoms with van der Waals surface area (Å²) in [6.07, 6.45) is 3.36. The SMILES string of the molecule is CCCCCCCCCCOc1ccc(-c2ccc(C(=O)Oc3ccc(C(=O)O[C@H](CCCC)C(F)(F)F)cc3)c(F)c2)cc1. The Hall–Kier alpha value is -3.88. The Morgan fingerprint density at radius 3 is 1.87 bits per heavy atom. The minimum absolute atomic E-state index is 0.0130. The van der Waals surface area contributed by atoms with Crippen molar-refractivity contribution in [2.24, 2.45) is 0 Å². The van der Waals surface area contributed by atoms with Crippen molar-refractivity contribution in [1.29, 1.82) is 0 Å². The summed E-state index contributed by atoms with van der Waals surface area (Å²) in [4.78, 5) is 24.9. The number of ether oxygens (including phenoxy) is 3. The molecule has 0 aromatic heterocycles. The number of alkyl halides is 3. The first kappa shape index (κ1) is 35.6. The van der Waals surface area contributed by atoms with E-state index < -0.39 is 30.0 Å². The lowest BCUT2D eigenvalue weighted by molar-refractivity contribution is -0.206. The molecule has 0 unspecified atom stereocenters. The number of benzene rings is 3. The van der Waals surface area contributed by atoms with Crippen molar-refractivity contribution in [3.05, 3.63) is 83.7 Å². The Kier molecular flexibility index (Phi) is 14.4. The molecule has 45 heavy (non-hydrogen) atoms. The van der Waals surface area contributed by atoms with Crippen LogP contribution in [0.4, 0.5) is 17.6 Å². The van der Waals surface area contributed by atoms with Gasteiger partial charge in [0.25, 0.3) is 0 Å². The summed E-state index contributed by atoms with van der Waals surface area (Å²) in [6, 6.07) is 16.3. The number of carbonyl (C=O) groups is 2. The van der Waals surface area contributed by atoms with Crippen molar-refractivity contribution in [3.8, 4) is 22.6 Å². The van der Waals surface area contributed by atoms with E-state index in [1.54, 1.807) is 13.0 Å². The molecule has 0 aliphatic heterocycles. The maximum Gasteiger partial charge on any atom is 0.425 e. The molecule has 5 nitrogen and oxygen atoms in total. The first-order chi connectivity index (χ1) is 21.6. The van der Waals surface area contributed by atoms with Crippen molar-refractivity contribution in [2.75, 3.05) is 6.61 Å². The molecule has 0 amide bonds. The van der Waals surface area contributed by atoms with Gasteiger partial charge in [-0.25, -0.2) is 14.0 Å². The molecule has 1 atom stereocenters. The summed E-state index contributed by atoms with van der Waals surface area (Å²) >= 11 is 0. The highest BCUT2D eigenvalue weighted by Crippen LogP contribution is 2.29. The second-order valence-electron chi connectivity index (χ2n) is 11.0. The lowest BCUT2D eigenvalue weighted by Gasteiger charge is -2.20. The zero-order valence-electron chi connectivity index (χ0n) is 26.0. The van der Waals surface area contributed by atoms with Gasteiger partial charge in [0.05, 0.1) is 17.7 Å². The quantitative estimate of drug-likeness (QED) is 0.0606. The standard InChI is InChI=1S/C36H42F4O5/c1-3-5-7-8-9-10-11-12-24-43-29-19-14-26(15-20-29)28-18-23-31(32(37)25-28)35(42)44-30-21-16-27(17-22-30)34(41)45-33(13-6-4-2)36(38,39)40/h14-23,25,33H,3-13,24H2,1-2H3/t33-/m1/s1. The molecule has 0 saturated heterocycles. The Balaban J connectivity index is 1.50. The number of rotatable bonds is 18. The third kappa shape index (κ3) is 11.9. The van der Waals surface area contributed by atoms with Crippen molar-refractivity contribution in [1.82, 2.24) is 0 Å². The molecule has 3 aromatic carbocycles. The summed E-state index contributed by atoms with van der Waals surface area (Å²) in [6.45, 7) is 4.60. The summed E-state index contributed by atoms with van der Waals surface area (Å²) in [5, 5.41) is 0. The number of hydrogen-bond acceptors (Lipinski definition) is 5. The van der Waals surface area contributed by atoms with Crippen LogP contribution < -0.4 is 9.47 Å². The predicted molar refractivity (Wildman–Crippen MR) is 166 cm³/mol. The molecule has 0 fully saturated rings. The Bertz CT molecular complexity index is 1340. The fourth-order valence-electron chi connectivity index (χ4n) is 4.73. The van der Waals surface area contributed by atoms with Crippen LogP contribution >= 0.6 is 0 Å². The summed E-state index contributed by atoms with van der Waals surface area (Å²) in [5.41, 5.74) is 0.882. The van der Waals surface area contributed by atoms with Crippen LogP contribution in [-0.4, -0.2) is 30.8 Å². The molecule has 0 bridgehead atoms. The highest BCUT2D eigenvalue weighted by atomic mass is 19.4. The average molecular weight is 631 g/mol. The van der Waals surface area contributed by atoms with Crippen LogP contribution in [0.25, 0.3) is 11.1 Å². The van der Waals surface area contributed by atoms with E-state index in [1.165, 1.54) is 74.9 Å². The van der Waals surface area contributed by atoms with Gasteiger partial charge >= 0.3 is 18.1 Å². The van der Waals surface area contributed by atoms with Gasteiger partial charge in [-0.3, -0.25) is 0 Å². The zero-order chi connectivity index (χ0) is 32.7. The number of halogens is 4. The maximum atomic E-state index is 14.9. The van der Waals surface area contributed by atoms with Crippen LogP contribution in [0.1, 0.15) is 105 Å². The van der Waals surface area contributed by atoms with Crippen LogP contribution in [0.5, 0.6) is 11.5 Å². The zero-order valence-corrected chi connectivity index (χ0v) is 26.0. The lowest BCUT2D eigenvalue weighted by Crippen LogP contribution is -2.33. The molecule has 0 aliphatic carbocycles. The first-order valence-electron chi connectivity index (χ1n) is 15.7. The van der Waals surface area contributed by atoms with Crippen LogP contribution in [0.3, 0.4) is 0 Å². The normalized spacial score (nSPS) is 12.0.